The minimum absolute atomic E-state index is 0.0690. The number of unbranched alkanes of at least 4 members (excludes halogenated alkanes) is 3. The molecule has 1 aromatic heterocycles. The molecule has 37 heavy (non-hydrogen) atoms. The molecular formula is C27H35N3O7. The summed E-state index contributed by atoms with van der Waals surface area (Å²) in [4.78, 5) is 23.3. The molecule has 0 radical (unpaired) electrons. The minimum Gasteiger partial charge on any atom is -0.493 e. The van der Waals surface area contributed by atoms with Gasteiger partial charge in [-0.3, -0.25) is 14.8 Å². The molecule has 0 saturated carbocycles. The number of ether oxygens (including phenoxy) is 4. The van der Waals surface area contributed by atoms with Crippen LogP contribution in [0.15, 0.2) is 42.6 Å². The summed E-state index contributed by atoms with van der Waals surface area (Å²) in [5.41, 5.74) is 3.18. The number of hydrogen-bond donors (Lipinski definition) is 3. The quantitative estimate of drug-likeness (QED) is 0.155. The van der Waals surface area contributed by atoms with E-state index >= 15 is 0 Å². The van der Waals surface area contributed by atoms with Gasteiger partial charge in [-0.05, 0) is 37.1 Å². The van der Waals surface area contributed by atoms with Crippen LogP contribution >= 0.6 is 0 Å². The average molecular weight is 514 g/mol. The number of amides is 2. The molecule has 0 aliphatic carbocycles. The number of nitrogens with zero attached hydrogens (tertiary/aromatic N) is 1. The van der Waals surface area contributed by atoms with Crippen LogP contribution in [0.2, 0.25) is 0 Å². The predicted molar refractivity (Wildman–Crippen MR) is 140 cm³/mol. The third-order valence-corrected chi connectivity index (χ3v) is 5.96. The van der Waals surface area contributed by atoms with Crippen LogP contribution in [-0.2, 0) is 16.1 Å². The largest absolute Gasteiger partial charge is 0.493 e. The lowest BCUT2D eigenvalue weighted by Crippen LogP contribution is -2.17. The van der Waals surface area contributed by atoms with Crippen molar-refractivity contribution in [2.24, 2.45) is 0 Å². The second-order valence-corrected chi connectivity index (χ2v) is 8.47. The van der Waals surface area contributed by atoms with Crippen LogP contribution in [0.5, 0.6) is 23.0 Å². The number of hydrogen-bond acceptors (Lipinski definition) is 7. The third-order valence-electron chi connectivity index (χ3n) is 5.96. The number of hydroxylamine groups is 1. The zero-order valence-corrected chi connectivity index (χ0v) is 21.5. The molecule has 200 valence electrons. The summed E-state index contributed by atoms with van der Waals surface area (Å²) in [6, 6.07) is 11.2. The molecule has 0 fully saturated rings. The minimum atomic E-state index is -0.387. The van der Waals surface area contributed by atoms with Crippen LogP contribution in [0.3, 0.4) is 0 Å². The number of carbonyl (C=O) groups excluding carboxylic acids is 2. The van der Waals surface area contributed by atoms with Crippen molar-refractivity contribution in [2.45, 2.75) is 45.1 Å². The van der Waals surface area contributed by atoms with E-state index in [2.05, 4.69) is 5.32 Å². The van der Waals surface area contributed by atoms with Gasteiger partial charge in [-0.25, -0.2) is 5.48 Å². The number of benzene rings is 2. The average Bonchev–Trinajstić information content (AvgIpc) is 3.31. The summed E-state index contributed by atoms with van der Waals surface area (Å²) < 4.78 is 24.6. The van der Waals surface area contributed by atoms with Gasteiger partial charge in [0.05, 0.1) is 33.4 Å². The van der Waals surface area contributed by atoms with Crippen LogP contribution in [0, 0.1) is 0 Å². The first kappa shape index (κ1) is 27.7. The van der Waals surface area contributed by atoms with Crippen LogP contribution in [0.1, 0.15) is 38.5 Å². The van der Waals surface area contributed by atoms with Gasteiger partial charge >= 0.3 is 0 Å². The van der Waals surface area contributed by atoms with Gasteiger partial charge in [0, 0.05) is 36.2 Å². The number of fused-ring (bicyclic) bond motifs is 1. The second-order valence-electron chi connectivity index (χ2n) is 8.47. The highest BCUT2D eigenvalue weighted by atomic mass is 16.5. The van der Waals surface area contributed by atoms with Crippen molar-refractivity contribution in [1.29, 1.82) is 0 Å². The Kier molecular flexibility index (Phi) is 10.5. The molecule has 3 aromatic rings. The molecule has 0 unspecified atom stereocenters. The summed E-state index contributed by atoms with van der Waals surface area (Å²) >= 11 is 0. The maximum absolute atomic E-state index is 12.3. The molecule has 0 spiro atoms. The number of aromatic nitrogens is 1. The molecule has 3 N–H and O–H groups in total. The molecule has 3 rings (SSSR count). The first-order valence-electron chi connectivity index (χ1n) is 12.2. The first-order chi connectivity index (χ1) is 18.0. The molecule has 2 amide bonds. The fraction of sp³-hybridized carbons (Fsp3) is 0.407. The van der Waals surface area contributed by atoms with E-state index in [1.165, 1.54) is 0 Å². The molecule has 0 bridgehead atoms. The Labute approximate surface area is 216 Å². The number of methoxy groups -OCH3 is 3. The van der Waals surface area contributed by atoms with E-state index in [4.69, 9.17) is 24.2 Å². The smallest absolute Gasteiger partial charge is 0.243 e. The van der Waals surface area contributed by atoms with Crippen molar-refractivity contribution in [3.05, 3.63) is 42.6 Å². The van der Waals surface area contributed by atoms with Gasteiger partial charge < -0.3 is 28.8 Å². The van der Waals surface area contributed by atoms with E-state index in [9.17, 15) is 9.59 Å². The SMILES string of the molecule is COc1cc2ccn(CCOc3cccc(NC(=O)CCCCCCC(=O)NO)c3)c2c(OC)c1OC. The van der Waals surface area contributed by atoms with E-state index in [0.717, 1.165) is 30.2 Å². The molecule has 0 aliphatic heterocycles. The van der Waals surface area contributed by atoms with Gasteiger partial charge in [-0.2, -0.15) is 0 Å². The van der Waals surface area contributed by atoms with Crippen molar-refractivity contribution in [3.8, 4) is 23.0 Å². The molecule has 1 heterocycles. The first-order valence-corrected chi connectivity index (χ1v) is 12.2. The Morgan fingerprint density at radius 1 is 0.892 bits per heavy atom. The van der Waals surface area contributed by atoms with Crippen LogP contribution < -0.4 is 29.7 Å². The van der Waals surface area contributed by atoms with Gasteiger partial charge in [0.2, 0.25) is 17.6 Å². The van der Waals surface area contributed by atoms with E-state index in [-0.39, 0.29) is 18.2 Å². The highest BCUT2D eigenvalue weighted by Crippen LogP contribution is 2.43. The highest BCUT2D eigenvalue weighted by Gasteiger charge is 2.18. The van der Waals surface area contributed by atoms with Crippen molar-refractivity contribution < 1.29 is 33.7 Å². The number of anilines is 1. The Hall–Kier alpha value is -3.92. The van der Waals surface area contributed by atoms with E-state index in [0.29, 0.717) is 54.7 Å². The third kappa shape index (κ3) is 7.53. The predicted octanol–water partition coefficient (Wildman–Crippen LogP) is 4.53. The zero-order chi connectivity index (χ0) is 26.6. The summed E-state index contributed by atoms with van der Waals surface area (Å²) in [7, 11) is 4.77. The van der Waals surface area contributed by atoms with Crippen LogP contribution in [-0.4, -0.2) is 49.5 Å². The van der Waals surface area contributed by atoms with E-state index in [1.807, 2.05) is 41.1 Å². The Morgan fingerprint density at radius 3 is 2.30 bits per heavy atom. The zero-order valence-electron chi connectivity index (χ0n) is 21.5. The number of rotatable bonds is 15. The van der Waals surface area contributed by atoms with Gasteiger partial charge in [-0.15, -0.1) is 0 Å². The Morgan fingerprint density at radius 2 is 1.62 bits per heavy atom. The fourth-order valence-electron chi connectivity index (χ4n) is 4.14. The normalized spacial score (nSPS) is 10.7. The van der Waals surface area contributed by atoms with Crippen LogP contribution in [0.25, 0.3) is 10.9 Å². The molecule has 10 heteroatoms. The lowest BCUT2D eigenvalue weighted by molar-refractivity contribution is -0.129. The maximum Gasteiger partial charge on any atom is 0.243 e. The van der Waals surface area contributed by atoms with Gasteiger partial charge in [0.1, 0.15) is 12.4 Å². The molecular weight excluding hydrogens is 478 g/mol. The molecule has 10 nitrogen and oxygen atoms in total. The van der Waals surface area contributed by atoms with Crippen LogP contribution in [0.4, 0.5) is 5.69 Å². The molecule has 0 atom stereocenters. The summed E-state index contributed by atoms with van der Waals surface area (Å²) in [6.45, 7) is 0.985. The van der Waals surface area contributed by atoms with Crippen molar-refractivity contribution in [1.82, 2.24) is 10.0 Å². The number of carbonyl (C=O) groups is 2. The standard InChI is InChI=1S/C27H35N3O7/c1-34-22-17-19-13-14-30(25(19)27(36-3)26(22)35-2)15-16-37-21-10-8-9-20(18-21)28-23(31)11-6-4-5-7-12-24(32)29-33/h8-10,13-14,17-18,33H,4-7,11-12,15-16H2,1-3H3,(H,28,31)(H,29,32). The van der Waals surface area contributed by atoms with E-state index < -0.39 is 0 Å². The maximum atomic E-state index is 12.3. The molecule has 0 aliphatic rings. The fourth-order valence-corrected chi connectivity index (χ4v) is 4.14. The van der Waals surface area contributed by atoms with Crippen molar-refractivity contribution in [2.75, 3.05) is 33.3 Å². The van der Waals surface area contributed by atoms with Crippen molar-refractivity contribution >= 4 is 28.4 Å². The van der Waals surface area contributed by atoms with Gasteiger partial charge in [0.25, 0.3) is 0 Å². The van der Waals surface area contributed by atoms with Crippen molar-refractivity contribution in [3.63, 3.8) is 0 Å². The van der Waals surface area contributed by atoms with Gasteiger partial charge in [0.15, 0.2) is 11.5 Å². The summed E-state index contributed by atoms with van der Waals surface area (Å²) in [5.74, 6) is 1.94. The number of nitrogens with one attached hydrogen (secondary N) is 2. The monoisotopic (exact) mass is 513 g/mol. The van der Waals surface area contributed by atoms with Gasteiger partial charge in [-0.1, -0.05) is 18.9 Å². The summed E-state index contributed by atoms with van der Waals surface area (Å²) in [6.07, 6.45) is 5.72. The Bertz CT molecular complexity index is 1190. The van der Waals surface area contributed by atoms with E-state index in [1.54, 1.807) is 32.9 Å². The molecule has 2 aromatic carbocycles. The molecule has 0 saturated heterocycles. The Balaban J connectivity index is 1.51. The lowest BCUT2D eigenvalue weighted by atomic mass is 10.1. The highest BCUT2D eigenvalue weighted by molar-refractivity contribution is 5.91. The topological polar surface area (TPSA) is 120 Å². The summed E-state index contributed by atoms with van der Waals surface area (Å²) in [5, 5.41) is 12.3. The lowest BCUT2D eigenvalue weighted by Gasteiger charge is -2.15. The second kappa shape index (κ2) is 14.0.